The fourth-order valence-electron chi connectivity index (χ4n) is 1.15. The lowest BCUT2D eigenvalue weighted by atomic mass is 10.0. The number of carbonyl (C=O) groups is 1. The van der Waals surface area contributed by atoms with Crippen LogP contribution in [0.2, 0.25) is 0 Å². The van der Waals surface area contributed by atoms with Gasteiger partial charge in [0.05, 0.1) is 5.92 Å². The highest BCUT2D eigenvalue weighted by molar-refractivity contribution is 7.90. The van der Waals surface area contributed by atoms with Crippen molar-refractivity contribution in [3.8, 4) is 0 Å². The van der Waals surface area contributed by atoms with Crippen LogP contribution in [0.25, 0.3) is 0 Å². The number of benzene rings is 1. The molecule has 0 bridgehead atoms. The van der Waals surface area contributed by atoms with Crippen molar-refractivity contribution in [2.45, 2.75) is 12.8 Å². The van der Waals surface area contributed by atoms with E-state index >= 15 is 0 Å². The summed E-state index contributed by atoms with van der Waals surface area (Å²) in [5.41, 5.74) is 0.885. The van der Waals surface area contributed by atoms with Gasteiger partial charge in [-0.25, -0.2) is 5.14 Å². The molecule has 1 rings (SSSR count). The molecule has 16 heavy (non-hydrogen) atoms. The average molecular weight is 244 g/mol. The van der Waals surface area contributed by atoms with Crippen LogP contribution in [0, 0.1) is 0 Å². The highest BCUT2D eigenvalue weighted by atomic mass is 32.2. The molecule has 7 heteroatoms. The molecule has 0 aliphatic heterocycles. The van der Waals surface area contributed by atoms with Crippen LogP contribution in [0.3, 0.4) is 0 Å². The van der Waals surface area contributed by atoms with Crippen molar-refractivity contribution in [3.05, 3.63) is 29.8 Å². The van der Waals surface area contributed by atoms with E-state index in [-0.39, 0.29) is 0 Å². The summed E-state index contributed by atoms with van der Waals surface area (Å²) in [6, 6.07) is 5.98. The molecular formula is C9H12N2O4S. The Kier molecular flexibility index (Phi) is 3.51. The minimum atomic E-state index is -3.79. The SMILES string of the molecule is C[C@@H](C(=O)O)c1ccc(NS(N)(=O)=O)cc1. The van der Waals surface area contributed by atoms with Gasteiger partial charge in [-0.05, 0) is 24.6 Å². The van der Waals surface area contributed by atoms with Gasteiger partial charge < -0.3 is 5.11 Å². The predicted molar refractivity (Wildman–Crippen MR) is 59.2 cm³/mol. The first-order valence-corrected chi connectivity index (χ1v) is 5.97. The molecule has 1 atom stereocenters. The Bertz CT molecular complexity index is 481. The van der Waals surface area contributed by atoms with Gasteiger partial charge in [-0.1, -0.05) is 12.1 Å². The van der Waals surface area contributed by atoms with Gasteiger partial charge in [0.2, 0.25) is 0 Å². The minimum absolute atomic E-state index is 0.295. The van der Waals surface area contributed by atoms with Crippen LogP contribution in [0.15, 0.2) is 24.3 Å². The maximum atomic E-state index is 10.7. The van der Waals surface area contributed by atoms with Crippen molar-refractivity contribution in [2.75, 3.05) is 4.72 Å². The van der Waals surface area contributed by atoms with Gasteiger partial charge in [0.25, 0.3) is 10.2 Å². The van der Waals surface area contributed by atoms with Gasteiger partial charge in [-0.2, -0.15) is 8.42 Å². The van der Waals surface area contributed by atoms with Crippen molar-refractivity contribution >= 4 is 21.9 Å². The predicted octanol–water partition coefficient (Wildman–Crippen LogP) is 0.490. The van der Waals surface area contributed by atoms with Crippen LogP contribution < -0.4 is 9.86 Å². The molecule has 0 saturated heterocycles. The lowest BCUT2D eigenvalue weighted by Gasteiger charge is -2.08. The zero-order chi connectivity index (χ0) is 12.3. The monoisotopic (exact) mass is 244 g/mol. The Balaban J connectivity index is 2.87. The second-order valence-electron chi connectivity index (χ2n) is 3.33. The third kappa shape index (κ3) is 3.52. The van der Waals surface area contributed by atoms with E-state index in [2.05, 4.69) is 4.72 Å². The standard InChI is InChI=1S/C9H12N2O4S/c1-6(9(12)13)7-2-4-8(5-3-7)11-16(10,14)15/h2-6,11H,1H3,(H,12,13)(H2,10,14,15)/t6-/m1/s1. The summed E-state index contributed by atoms with van der Waals surface area (Å²) >= 11 is 0. The first-order valence-electron chi connectivity index (χ1n) is 4.43. The third-order valence-corrected chi connectivity index (χ3v) is 2.56. The quantitative estimate of drug-likeness (QED) is 0.715. The number of nitrogens with two attached hydrogens (primary N) is 1. The molecule has 0 aliphatic carbocycles. The number of nitrogens with one attached hydrogen (secondary N) is 1. The minimum Gasteiger partial charge on any atom is -0.481 e. The number of anilines is 1. The van der Waals surface area contributed by atoms with Gasteiger partial charge in [0.1, 0.15) is 0 Å². The van der Waals surface area contributed by atoms with Crippen LogP contribution in [-0.2, 0) is 15.0 Å². The van der Waals surface area contributed by atoms with Crippen LogP contribution in [0.1, 0.15) is 18.4 Å². The smallest absolute Gasteiger partial charge is 0.310 e. The molecule has 4 N–H and O–H groups in total. The molecule has 0 aromatic heterocycles. The summed E-state index contributed by atoms with van der Waals surface area (Å²) in [5, 5.41) is 13.5. The second-order valence-corrected chi connectivity index (χ2v) is 4.62. The molecule has 0 fully saturated rings. The van der Waals surface area contributed by atoms with E-state index in [4.69, 9.17) is 10.2 Å². The van der Waals surface area contributed by atoms with Crippen LogP contribution >= 0.6 is 0 Å². The van der Waals surface area contributed by atoms with E-state index in [9.17, 15) is 13.2 Å². The van der Waals surface area contributed by atoms with E-state index in [1.165, 1.54) is 24.3 Å². The fourth-order valence-corrected chi connectivity index (χ4v) is 1.61. The van der Waals surface area contributed by atoms with Gasteiger partial charge in [-0.3, -0.25) is 9.52 Å². The summed E-state index contributed by atoms with van der Waals surface area (Å²) in [6.07, 6.45) is 0. The number of rotatable bonds is 4. The van der Waals surface area contributed by atoms with Gasteiger partial charge in [-0.15, -0.1) is 0 Å². The maximum absolute atomic E-state index is 10.7. The Hall–Kier alpha value is -1.60. The second kappa shape index (κ2) is 4.50. The molecule has 0 aliphatic rings. The molecule has 0 saturated carbocycles. The average Bonchev–Trinajstić information content (AvgIpc) is 2.15. The molecular weight excluding hydrogens is 232 g/mol. The summed E-state index contributed by atoms with van der Waals surface area (Å²) in [7, 11) is -3.79. The third-order valence-electron chi connectivity index (χ3n) is 2.04. The van der Waals surface area contributed by atoms with E-state index in [0.717, 1.165) is 0 Å². The molecule has 88 valence electrons. The van der Waals surface area contributed by atoms with Gasteiger partial charge in [0.15, 0.2) is 0 Å². The zero-order valence-electron chi connectivity index (χ0n) is 8.54. The first-order chi connectivity index (χ1) is 7.29. The lowest BCUT2D eigenvalue weighted by molar-refractivity contribution is -0.138. The van der Waals surface area contributed by atoms with E-state index in [0.29, 0.717) is 11.3 Å². The number of carboxylic acids is 1. The molecule has 0 unspecified atom stereocenters. The summed E-state index contributed by atoms with van der Waals surface area (Å²) in [5.74, 6) is -1.57. The van der Waals surface area contributed by atoms with Crippen molar-refractivity contribution in [2.24, 2.45) is 5.14 Å². The highest BCUT2D eigenvalue weighted by Gasteiger charge is 2.13. The van der Waals surface area contributed by atoms with Gasteiger partial charge >= 0.3 is 5.97 Å². The number of carboxylic acid groups (broad SMARTS) is 1. The summed E-state index contributed by atoms with van der Waals surface area (Å²) in [6.45, 7) is 1.55. The first kappa shape index (κ1) is 12.5. The topological polar surface area (TPSA) is 109 Å². The van der Waals surface area contributed by atoms with Gasteiger partial charge in [0, 0.05) is 5.69 Å². The molecule has 1 aromatic rings. The van der Waals surface area contributed by atoms with Crippen LogP contribution in [0.4, 0.5) is 5.69 Å². The van der Waals surface area contributed by atoms with Crippen molar-refractivity contribution in [1.82, 2.24) is 0 Å². The molecule has 0 heterocycles. The number of hydrogen-bond donors (Lipinski definition) is 3. The van der Waals surface area contributed by atoms with E-state index in [1.807, 2.05) is 0 Å². The van der Waals surface area contributed by atoms with Crippen molar-refractivity contribution in [1.29, 1.82) is 0 Å². The molecule has 6 nitrogen and oxygen atoms in total. The Labute approximate surface area is 93.3 Å². The van der Waals surface area contributed by atoms with Crippen LogP contribution in [0.5, 0.6) is 0 Å². The Morgan fingerprint density at radius 2 is 1.88 bits per heavy atom. The number of hydrogen-bond acceptors (Lipinski definition) is 3. The Morgan fingerprint density at radius 3 is 2.25 bits per heavy atom. The summed E-state index contributed by atoms with van der Waals surface area (Å²) < 4.78 is 23.5. The zero-order valence-corrected chi connectivity index (χ0v) is 9.36. The van der Waals surface area contributed by atoms with Crippen molar-refractivity contribution in [3.63, 3.8) is 0 Å². The Morgan fingerprint density at radius 1 is 1.38 bits per heavy atom. The van der Waals surface area contributed by atoms with Crippen LogP contribution in [-0.4, -0.2) is 19.5 Å². The molecule has 0 radical (unpaired) electrons. The maximum Gasteiger partial charge on any atom is 0.310 e. The highest BCUT2D eigenvalue weighted by Crippen LogP contribution is 2.18. The number of aliphatic carboxylic acids is 1. The van der Waals surface area contributed by atoms with Crippen molar-refractivity contribution < 1.29 is 18.3 Å². The normalized spacial score (nSPS) is 13.1. The fraction of sp³-hybridized carbons (Fsp3) is 0.222. The van der Waals surface area contributed by atoms with E-state index in [1.54, 1.807) is 6.92 Å². The largest absolute Gasteiger partial charge is 0.481 e. The lowest BCUT2D eigenvalue weighted by Crippen LogP contribution is -2.21. The molecule has 0 amide bonds. The molecule has 1 aromatic carbocycles. The molecule has 0 spiro atoms. The summed E-state index contributed by atoms with van der Waals surface area (Å²) in [4.78, 5) is 10.7. The van der Waals surface area contributed by atoms with E-state index < -0.39 is 22.1 Å².